The van der Waals surface area contributed by atoms with Crippen molar-refractivity contribution in [2.75, 3.05) is 20.6 Å². The highest BCUT2D eigenvalue weighted by Crippen LogP contribution is 2.28. The zero-order chi connectivity index (χ0) is 14.6. The van der Waals surface area contributed by atoms with Gasteiger partial charge in [-0.3, -0.25) is 14.5 Å². The second-order valence-electron chi connectivity index (χ2n) is 4.36. The molecule has 0 aliphatic carbocycles. The summed E-state index contributed by atoms with van der Waals surface area (Å²) in [6.45, 7) is 1.88. The van der Waals surface area contributed by atoms with Crippen LogP contribution in [0.5, 0.6) is 5.75 Å². The number of Topliss-reactive ketones (excluding diaryl/α,β-unsaturated/α-hetero) is 1. The van der Waals surface area contributed by atoms with Gasteiger partial charge in [0.15, 0.2) is 5.78 Å². The van der Waals surface area contributed by atoms with Crippen LogP contribution in [-0.4, -0.2) is 42.3 Å². The third-order valence-electron chi connectivity index (χ3n) is 2.67. The molecule has 0 spiro atoms. The third-order valence-corrected chi connectivity index (χ3v) is 2.88. The summed E-state index contributed by atoms with van der Waals surface area (Å²) in [5.74, 6) is -0.466. The van der Waals surface area contributed by atoms with Crippen LogP contribution < -0.4 is 5.32 Å². The van der Waals surface area contributed by atoms with Gasteiger partial charge in [-0.15, -0.1) is 0 Å². The van der Waals surface area contributed by atoms with Crippen molar-refractivity contribution >= 4 is 23.3 Å². The van der Waals surface area contributed by atoms with E-state index in [0.717, 1.165) is 0 Å². The Labute approximate surface area is 117 Å². The van der Waals surface area contributed by atoms with Crippen LogP contribution in [0.2, 0.25) is 5.02 Å². The first-order chi connectivity index (χ1) is 8.85. The van der Waals surface area contributed by atoms with Gasteiger partial charge in [-0.05, 0) is 26.1 Å². The largest absolute Gasteiger partial charge is 0.507 e. The molecule has 104 valence electrons. The molecular formula is C13H17ClN2O3. The van der Waals surface area contributed by atoms with Crippen LogP contribution in [-0.2, 0) is 11.3 Å². The molecule has 1 amide bonds. The Morgan fingerprint density at radius 2 is 2.05 bits per heavy atom. The van der Waals surface area contributed by atoms with Crippen molar-refractivity contribution < 1.29 is 14.7 Å². The van der Waals surface area contributed by atoms with Crippen LogP contribution in [0, 0.1) is 0 Å². The van der Waals surface area contributed by atoms with Crippen molar-refractivity contribution in [1.82, 2.24) is 10.2 Å². The van der Waals surface area contributed by atoms with Gasteiger partial charge in [-0.1, -0.05) is 11.6 Å². The van der Waals surface area contributed by atoms with Crippen molar-refractivity contribution in [1.29, 1.82) is 0 Å². The minimum atomic E-state index is -0.254. The number of ketones is 1. The van der Waals surface area contributed by atoms with Crippen molar-refractivity contribution in [3.63, 3.8) is 0 Å². The van der Waals surface area contributed by atoms with Crippen LogP contribution >= 0.6 is 11.6 Å². The first-order valence-corrected chi connectivity index (χ1v) is 6.14. The summed E-state index contributed by atoms with van der Waals surface area (Å²) in [6, 6.07) is 3.02. The quantitative estimate of drug-likeness (QED) is 0.803. The summed E-state index contributed by atoms with van der Waals surface area (Å²) < 4.78 is 0. The Morgan fingerprint density at radius 3 is 2.58 bits per heavy atom. The van der Waals surface area contributed by atoms with Gasteiger partial charge in [0, 0.05) is 24.2 Å². The Bertz CT molecular complexity index is 503. The number of carbonyl (C=O) groups is 2. The number of likely N-dealkylation sites (N-methyl/N-ethyl adjacent to an activating group) is 2. The van der Waals surface area contributed by atoms with E-state index < -0.39 is 0 Å². The average molecular weight is 285 g/mol. The molecule has 2 N–H and O–H groups in total. The second kappa shape index (κ2) is 6.54. The van der Waals surface area contributed by atoms with Gasteiger partial charge >= 0.3 is 0 Å². The number of phenols is 1. The van der Waals surface area contributed by atoms with Gasteiger partial charge in [-0.2, -0.15) is 0 Å². The molecule has 0 saturated heterocycles. The van der Waals surface area contributed by atoms with Crippen LogP contribution in [0.4, 0.5) is 0 Å². The molecule has 0 atom stereocenters. The number of nitrogens with zero attached hydrogens (tertiary/aromatic N) is 1. The lowest BCUT2D eigenvalue weighted by molar-refractivity contribution is -0.121. The summed E-state index contributed by atoms with van der Waals surface area (Å²) in [5, 5.41) is 12.9. The summed E-state index contributed by atoms with van der Waals surface area (Å²) in [7, 11) is 3.30. The normalized spacial score (nSPS) is 10.6. The van der Waals surface area contributed by atoms with Gasteiger partial charge in [0.2, 0.25) is 5.91 Å². The average Bonchev–Trinajstić information content (AvgIpc) is 2.32. The Balaban J connectivity index is 2.95. The lowest BCUT2D eigenvalue weighted by atomic mass is 10.1. The monoisotopic (exact) mass is 284 g/mol. The van der Waals surface area contributed by atoms with E-state index in [2.05, 4.69) is 5.32 Å². The van der Waals surface area contributed by atoms with Crippen LogP contribution in [0.1, 0.15) is 22.8 Å². The predicted octanol–water partition coefficient (Wildman–Crippen LogP) is 1.43. The minimum Gasteiger partial charge on any atom is -0.507 e. The standard InChI is InChI=1S/C13H17ClN2O3/c1-8(17)11-5-10(14)4-9(13(11)19)6-16(3)7-12(18)15-2/h4-5,19H,6-7H2,1-3H3,(H,15,18). The number of carbonyl (C=O) groups excluding carboxylic acids is 2. The van der Waals surface area contributed by atoms with Gasteiger partial charge in [0.25, 0.3) is 0 Å². The lowest BCUT2D eigenvalue weighted by Crippen LogP contribution is -2.32. The highest BCUT2D eigenvalue weighted by atomic mass is 35.5. The molecule has 5 nitrogen and oxygen atoms in total. The first kappa shape index (κ1) is 15.5. The number of halogens is 1. The molecule has 0 radical (unpaired) electrons. The van der Waals surface area contributed by atoms with Crippen molar-refractivity contribution in [3.8, 4) is 5.75 Å². The Kier molecular flexibility index (Phi) is 5.32. The number of benzene rings is 1. The van der Waals surface area contributed by atoms with Crippen LogP contribution in [0.25, 0.3) is 0 Å². The van der Waals surface area contributed by atoms with Crippen molar-refractivity contribution in [3.05, 3.63) is 28.3 Å². The molecule has 19 heavy (non-hydrogen) atoms. The number of nitrogens with one attached hydrogen (secondary N) is 1. The molecule has 0 unspecified atom stereocenters. The fourth-order valence-electron chi connectivity index (χ4n) is 1.72. The third kappa shape index (κ3) is 4.22. The number of hydrogen-bond donors (Lipinski definition) is 2. The van der Waals surface area contributed by atoms with Crippen LogP contribution in [0.15, 0.2) is 12.1 Å². The smallest absolute Gasteiger partial charge is 0.233 e. The summed E-state index contributed by atoms with van der Waals surface area (Å²) >= 11 is 5.92. The van der Waals surface area contributed by atoms with Crippen LogP contribution in [0.3, 0.4) is 0 Å². The molecule has 0 heterocycles. The fourth-order valence-corrected chi connectivity index (χ4v) is 1.96. The molecule has 0 aliphatic heterocycles. The van der Waals surface area contributed by atoms with E-state index in [-0.39, 0.29) is 29.5 Å². The summed E-state index contributed by atoms with van der Waals surface area (Å²) in [4.78, 5) is 24.3. The number of phenolic OH excluding ortho intramolecular Hbond substituents is 1. The molecule has 0 fully saturated rings. The van der Waals surface area contributed by atoms with E-state index in [0.29, 0.717) is 17.1 Å². The predicted molar refractivity (Wildman–Crippen MR) is 73.5 cm³/mol. The lowest BCUT2D eigenvalue weighted by Gasteiger charge is -2.17. The van der Waals surface area contributed by atoms with E-state index in [1.807, 2.05) is 0 Å². The topological polar surface area (TPSA) is 69.6 Å². The first-order valence-electron chi connectivity index (χ1n) is 5.76. The van der Waals surface area contributed by atoms with E-state index in [4.69, 9.17) is 11.6 Å². The van der Waals surface area contributed by atoms with E-state index in [1.54, 1.807) is 25.1 Å². The molecule has 0 aromatic heterocycles. The zero-order valence-corrected chi connectivity index (χ0v) is 11.9. The molecule has 1 rings (SSSR count). The number of rotatable bonds is 5. The van der Waals surface area contributed by atoms with Gasteiger partial charge < -0.3 is 10.4 Å². The SMILES string of the molecule is CNC(=O)CN(C)Cc1cc(Cl)cc(C(C)=O)c1O. The molecule has 0 saturated carbocycles. The highest BCUT2D eigenvalue weighted by molar-refractivity contribution is 6.31. The molecule has 0 aliphatic rings. The maximum atomic E-state index is 11.4. The number of aromatic hydroxyl groups is 1. The Morgan fingerprint density at radius 1 is 1.42 bits per heavy atom. The number of amides is 1. The molecule has 1 aromatic rings. The number of hydrogen-bond acceptors (Lipinski definition) is 4. The van der Waals surface area contributed by atoms with Gasteiger partial charge in [-0.25, -0.2) is 0 Å². The fraction of sp³-hybridized carbons (Fsp3) is 0.385. The van der Waals surface area contributed by atoms with E-state index in [9.17, 15) is 14.7 Å². The molecular weight excluding hydrogens is 268 g/mol. The van der Waals surface area contributed by atoms with Crippen molar-refractivity contribution in [2.24, 2.45) is 0 Å². The van der Waals surface area contributed by atoms with E-state index in [1.165, 1.54) is 13.0 Å². The molecule has 1 aromatic carbocycles. The highest BCUT2D eigenvalue weighted by Gasteiger charge is 2.15. The summed E-state index contributed by atoms with van der Waals surface area (Å²) in [5.41, 5.74) is 0.708. The molecule has 0 bridgehead atoms. The Hall–Kier alpha value is -1.59. The second-order valence-corrected chi connectivity index (χ2v) is 4.80. The van der Waals surface area contributed by atoms with Gasteiger partial charge in [0.05, 0.1) is 12.1 Å². The maximum Gasteiger partial charge on any atom is 0.233 e. The van der Waals surface area contributed by atoms with Gasteiger partial charge in [0.1, 0.15) is 5.75 Å². The van der Waals surface area contributed by atoms with Crippen molar-refractivity contribution in [2.45, 2.75) is 13.5 Å². The zero-order valence-electron chi connectivity index (χ0n) is 11.2. The maximum absolute atomic E-state index is 11.4. The molecule has 6 heteroatoms. The summed E-state index contributed by atoms with van der Waals surface area (Å²) in [6.07, 6.45) is 0. The van der Waals surface area contributed by atoms with E-state index >= 15 is 0 Å². The minimum absolute atomic E-state index is 0.0827.